The largest absolute Gasteiger partial charge is 0.481 e. The van der Waals surface area contributed by atoms with Crippen molar-refractivity contribution in [1.29, 1.82) is 0 Å². The number of aromatic nitrogens is 3. The zero-order valence-electron chi connectivity index (χ0n) is 17.9. The van der Waals surface area contributed by atoms with Crippen LogP contribution in [0.25, 0.3) is 11.1 Å². The van der Waals surface area contributed by atoms with Gasteiger partial charge in [0.25, 0.3) is 11.9 Å². The number of H-pyrrole nitrogens is 1. The minimum absolute atomic E-state index is 0.0422. The van der Waals surface area contributed by atoms with Gasteiger partial charge in [-0.05, 0) is 29.2 Å². The van der Waals surface area contributed by atoms with E-state index in [1.807, 2.05) is 36.4 Å². The Bertz CT molecular complexity index is 1150. The highest BCUT2D eigenvalue weighted by Crippen LogP contribution is 2.44. The number of aliphatic carboxylic acids is 1. The van der Waals surface area contributed by atoms with E-state index in [9.17, 15) is 14.4 Å². The van der Waals surface area contributed by atoms with Gasteiger partial charge >= 0.3 is 12.1 Å². The predicted octanol–water partition coefficient (Wildman–Crippen LogP) is 3.10. The van der Waals surface area contributed by atoms with Crippen molar-refractivity contribution < 1.29 is 24.2 Å². The molecular weight excluding hydrogens is 426 g/mol. The first kappa shape index (κ1) is 22.0. The maximum Gasteiger partial charge on any atom is 0.414 e. The van der Waals surface area contributed by atoms with Crippen LogP contribution >= 0.6 is 0 Å². The first-order chi connectivity index (χ1) is 16.0. The Morgan fingerprint density at radius 2 is 1.73 bits per heavy atom. The third-order valence-electron chi connectivity index (χ3n) is 5.51. The summed E-state index contributed by atoms with van der Waals surface area (Å²) in [6.07, 6.45) is -0.924. The molecule has 0 fully saturated rings. The van der Waals surface area contributed by atoms with E-state index < -0.39 is 18.0 Å². The lowest BCUT2D eigenvalue weighted by Crippen LogP contribution is -2.33. The average molecular weight is 449 g/mol. The van der Waals surface area contributed by atoms with Crippen molar-refractivity contribution >= 4 is 23.9 Å². The second kappa shape index (κ2) is 9.51. The molecule has 3 aromatic rings. The molecule has 1 aliphatic carbocycles. The minimum atomic E-state index is -1.00. The third-order valence-corrected chi connectivity index (χ3v) is 5.51. The Kier molecular flexibility index (Phi) is 6.34. The fourth-order valence-electron chi connectivity index (χ4n) is 3.92. The number of carboxylic acids is 1. The van der Waals surface area contributed by atoms with Crippen LogP contribution in [0.2, 0.25) is 0 Å². The standard InChI is InChI=1S/C23H23N5O5/c1-2-28(12-11-19(29)30)21(31)20-24-22(27-26-20)25-23(32)33-13-18-16-9-5-3-7-14(16)15-8-4-6-10-17(15)18/h3-10,18H,2,11-13H2,1H3,(H,29,30)(H2,24,25,26,27,32). The van der Waals surface area contributed by atoms with Gasteiger partial charge in [0.2, 0.25) is 5.82 Å². The van der Waals surface area contributed by atoms with Crippen LogP contribution in [0.15, 0.2) is 48.5 Å². The van der Waals surface area contributed by atoms with Gasteiger partial charge in [-0.2, -0.15) is 4.98 Å². The highest BCUT2D eigenvalue weighted by atomic mass is 16.5. The number of benzene rings is 2. The smallest absolute Gasteiger partial charge is 0.414 e. The van der Waals surface area contributed by atoms with E-state index in [0.717, 1.165) is 22.3 Å². The predicted molar refractivity (Wildman–Crippen MR) is 119 cm³/mol. The molecule has 0 saturated carbocycles. The van der Waals surface area contributed by atoms with Gasteiger partial charge in [0.05, 0.1) is 6.42 Å². The Morgan fingerprint density at radius 3 is 2.33 bits per heavy atom. The van der Waals surface area contributed by atoms with Gasteiger partial charge in [-0.25, -0.2) is 4.79 Å². The molecule has 33 heavy (non-hydrogen) atoms. The van der Waals surface area contributed by atoms with Crippen molar-refractivity contribution in [3.05, 3.63) is 65.5 Å². The zero-order chi connectivity index (χ0) is 23.4. The van der Waals surface area contributed by atoms with Crippen LogP contribution in [-0.2, 0) is 9.53 Å². The quantitative estimate of drug-likeness (QED) is 0.480. The molecule has 2 amide bonds. The first-order valence-electron chi connectivity index (χ1n) is 10.5. The second-order valence-electron chi connectivity index (χ2n) is 7.49. The lowest BCUT2D eigenvalue weighted by Gasteiger charge is -2.17. The van der Waals surface area contributed by atoms with E-state index in [0.29, 0.717) is 6.54 Å². The molecule has 0 bridgehead atoms. The molecule has 1 heterocycles. The van der Waals surface area contributed by atoms with E-state index in [1.54, 1.807) is 6.92 Å². The van der Waals surface area contributed by atoms with Gasteiger partial charge in [-0.1, -0.05) is 48.5 Å². The molecule has 1 aliphatic rings. The number of anilines is 1. The summed E-state index contributed by atoms with van der Waals surface area (Å²) in [6, 6.07) is 16.0. The zero-order valence-corrected chi connectivity index (χ0v) is 17.9. The van der Waals surface area contributed by atoms with Gasteiger partial charge in [0.15, 0.2) is 0 Å². The van der Waals surface area contributed by atoms with E-state index in [1.165, 1.54) is 4.90 Å². The lowest BCUT2D eigenvalue weighted by molar-refractivity contribution is -0.137. The summed E-state index contributed by atoms with van der Waals surface area (Å²) in [6.45, 7) is 2.21. The van der Waals surface area contributed by atoms with Crippen LogP contribution in [0.1, 0.15) is 41.0 Å². The Labute approximate surface area is 189 Å². The van der Waals surface area contributed by atoms with E-state index in [-0.39, 0.29) is 37.3 Å². The Balaban J connectivity index is 1.37. The molecule has 2 aromatic carbocycles. The van der Waals surface area contributed by atoms with E-state index in [2.05, 4.69) is 32.6 Å². The van der Waals surface area contributed by atoms with Gasteiger partial charge in [-0.15, -0.1) is 5.10 Å². The fraction of sp³-hybridized carbons (Fsp3) is 0.261. The van der Waals surface area contributed by atoms with Crippen molar-refractivity contribution in [3.8, 4) is 11.1 Å². The van der Waals surface area contributed by atoms with E-state index in [4.69, 9.17) is 9.84 Å². The van der Waals surface area contributed by atoms with Crippen molar-refractivity contribution in [2.24, 2.45) is 0 Å². The molecule has 170 valence electrons. The SMILES string of the molecule is CCN(CCC(=O)O)C(=O)c1nc(NC(=O)OCC2c3ccccc3-c3ccccc32)n[nH]1. The number of nitrogens with zero attached hydrogens (tertiary/aromatic N) is 3. The average Bonchev–Trinajstić information content (AvgIpc) is 3.40. The summed E-state index contributed by atoms with van der Waals surface area (Å²) >= 11 is 0. The molecule has 4 rings (SSSR count). The molecule has 0 aliphatic heterocycles. The molecule has 1 aromatic heterocycles. The number of fused-ring (bicyclic) bond motifs is 3. The Hall–Kier alpha value is -4.21. The monoisotopic (exact) mass is 449 g/mol. The number of rotatable bonds is 8. The van der Waals surface area contributed by atoms with E-state index >= 15 is 0 Å². The van der Waals surface area contributed by atoms with Crippen LogP contribution in [0, 0.1) is 0 Å². The number of hydrogen-bond acceptors (Lipinski definition) is 6. The molecule has 10 nitrogen and oxygen atoms in total. The van der Waals surface area contributed by atoms with Crippen molar-refractivity contribution in [2.75, 3.05) is 25.0 Å². The summed E-state index contributed by atoms with van der Waals surface area (Å²) in [4.78, 5) is 40.9. The van der Waals surface area contributed by atoms with Gasteiger partial charge < -0.3 is 14.7 Å². The molecule has 0 radical (unpaired) electrons. The number of ether oxygens (including phenoxy) is 1. The topological polar surface area (TPSA) is 138 Å². The maximum atomic E-state index is 12.5. The summed E-state index contributed by atoms with van der Waals surface area (Å²) in [5, 5.41) is 17.5. The number of carbonyl (C=O) groups excluding carboxylic acids is 2. The highest BCUT2D eigenvalue weighted by molar-refractivity contribution is 5.91. The van der Waals surface area contributed by atoms with Gasteiger partial charge in [0, 0.05) is 19.0 Å². The summed E-state index contributed by atoms with van der Waals surface area (Å²) < 4.78 is 5.44. The summed E-state index contributed by atoms with van der Waals surface area (Å²) in [5.74, 6) is -1.80. The highest BCUT2D eigenvalue weighted by Gasteiger charge is 2.29. The molecule has 0 atom stereocenters. The molecule has 3 N–H and O–H groups in total. The lowest BCUT2D eigenvalue weighted by atomic mass is 9.98. The number of hydrogen-bond donors (Lipinski definition) is 3. The van der Waals surface area contributed by atoms with Crippen molar-refractivity contribution in [3.63, 3.8) is 0 Å². The Morgan fingerprint density at radius 1 is 1.09 bits per heavy atom. The van der Waals surface area contributed by atoms with Gasteiger partial charge in [-0.3, -0.25) is 20.0 Å². The van der Waals surface area contributed by atoms with Gasteiger partial charge in [0.1, 0.15) is 6.61 Å². The number of aromatic amines is 1. The number of carboxylic acid groups (broad SMARTS) is 1. The van der Waals surface area contributed by atoms with Crippen LogP contribution < -0.4 is 5.32 Å². The maximum absolute atomic E-state index is 12.5. The second-order valence-corrected chi connectivity index (χ2v) is 7.49. The van der Waals surface area contributed by atoms with Crippen LogP contribution in [0.4, 0.5) is 10.7 Å². The normalized spacial score (nSPS) is 12.0. The van der Waals surface area contributed by atoms with Crippen molar-refractivity contribution in [2.45, 2.75) is 19.3 Å². The molecule has 0 saturated heterocycles. The minimum Gasteiger partial charge on any atom is -0.481 e. The molecule has 0 unspecified atom stereocenters. The molecule has 0 spiro atoms. The van der Waals surface area contributed by atoms with Crippen LogP contribution in [0.3, 0.4) is 0 Å². The molecular formula is C23H23N5O5. The number of nitrogens with one attached hydrogen (secondary N) is 2. The number of carbonyl (C=O) groups is 3. The fourth-order valence-corrected chi connectivity index (χ4v) is 3.92. The molecule has 10 heteroatoms. The number of amides is 2. The van der Waals surface area contributed by atoms with Crippen LogP contribution in [-0.4, -0.2) is 62.9 Å². The van der Waals surface area contributed by atoms with Crippen molar-refractivity contribution in [1.82, 2.24) is 20.1 Å². The van der Waals surface area contributed by atoms with Crippen LogP contribution in [0.5, 0.6) is 0 Å². The summed E-state index contributed by atoms with van der Waals surface area (Å²) in [5.41, 5.74) is 4.45. The first-order valence-corrected chi connectivity index (χ1v) is 10.5. The third kappa shape index (κ3) is 4.69. The summed E-state index contributed by atoms with van der Waals surface area (Å²) in [7, 11) is 0.